The molecule has 20 heavy (non-hydrogen) atoms. The van der Waals surface area contributed by atoms with Crippen molar-refractivity contribution in [2.75, 3.05) is 25.1 Å². The van der Waals surface area contributed by atoms with Gasteiger partial charge in [-0.15, -0.1) is 0 Å². The quantitative estimate of drug-likeness (QED) is 0.925. The average Bonchev–Trinajstić information content (AvgIpc) is 3.01. The van der Waals surface area contributed by atoms with E-state index in [1.54, 1.807) is 13.4 Å². The van der Waals surface area contributed by atoms with Crippen LogP contribution in [-0.2, 0) is 0 Å². The molecule has 1 fully saturated rings. The number of imidazole rings is 1. The summed E-state index contributed by atoms with van der Waals surface area (Å²) < 4.78 is 5.22. The third-order valence-corrected chi connectivity index (χ3v) is 3.77. The Morgan fingerprint density at radius 1 is 1.30 bits per heavy atom. The molecule has 0 aromatic carbocycles. The van der Waals surface area contributed by atoms with Crippen molar-refractivity contribution in [3.63, 3.8) is 0 Å². The summed E-state index contributed by atoms with van der Waals surface area (Å²) in [4.78, 5) is 18.5. The number of aryl methyl sites for hydroxylation is 1. The maximum Gasteiger partial charge on any atom is 0.228 e. The molecule has 2 aromatic heterocycles. The van der Waals surface area contributed by atoms with Crippen LogP contribution in [0.4, 0.5) is 5.95 Å². The Labute approximate surface area is 118 Å². The van der Waals surface area contributed by atoms with Gasteiger partial charge in [-0.1, -0.05) is 0 Å². The predicted octanol–water partition coefficient (Wildman–Crippen LogP) is 1.90. The van der Waals surface area contributed by atoms with Gasteiger partial charge >= 0.3 is 0 Å². The summed E-state index contributed by atoms with van der Waals surface area (Å²) in [5, 5.41) is 0. The first kappa shape index (κ1) is 12.9. The van der Waals surface area contributed by atoms with E-state index in [0.717, 1.165) is 37.6 Å². The number of aromatic nitrogens is 4. The number of methoxy groups -OCH3 is 1. The highest BCUT2D eigenvalue weighted by atomic mass is 16.5. The van der Waals surface area contributed by atoms with E-state index in [2.05, 4.69) is 24.8 Å². The molecule has 0 aliphatic carbocycles. The molecule has 6 nitrogen and oxygen atoms in total. The van der Waals surface area contributed by atoms with Crippen molar-refractivity contribution in [1.29, 1.82) is 0 Å². The van der Waals surface area contributed by atoms with Gasteiger partial charge < -0.3 is 14.6 Å². The van der Waals surface area contributed by atoms with Crippen molar-refractivity contribution in [2.24, 2.45) is 0 Å². The van der Waals surface area contributed by atoms with Crippen LogP contribution in [0.25, 0.3) is 0 Å². The number of H-pyrrole nitrogens is 1. The van der Waals surface area contributed by atoms with E-state index in [-0.39, 0.29) is 0 Å². The Kier molecular flexibility index (Phi) is 3.54. The summed E-state index contributed by atoms with van der Waals surface area (Å²) >= 11 is 0. The monoisotopic (exact) mass is 273 g/mol. The van der Waals surface area contributed by atoms with E-state index in [0.29, 0.717) is 11.8 Å². The Morgan fingerprint density at radius 2 is 2.10 bits per heavy atom. The van der Waals surface area contributed by atoms with Crippen LogP contribution in [0.5, 0.6) is 5.88 Å². The highest BCUT2D eigenvalue weighted by Gasteiger charge is 2.23. The van der Waals surface area contributed by atoms with Crippen LogP contribution in [-0.4, -0.2) is 40.1 Å². The smallest absolute Gasteiger partial charge is 0.228 e. The molecule has 0 saturated carbocycles. The van der Waals surface area contributed by atoms with Crippen LogP contribution >= 0.6 is 0 Å². The van der Waals surface area contributed by atoms with Gasteiger partial charge in [0.1, 0.15) is 0 Å². The van der Waals surface area contributed by atoms with E-state index in [9.17, 15) is 0 Å². The molecule has 1 aliphatic rings. The molecule has 3 heterocycles. The molecule has 0 atom stereocenters. The van der Waals surface area contributed by atoms with Gasteiger partial charge in [0, 0.05) is 42.7 Å². The number of ether oxygens (including phenoxy) is 1. The first-order chi connectivity index (χ1) is 9.76. The molecule has 0 bridgehead atoms. The fourth-order valence-electron chi connectivity index (χ4n) is 2.65. The third kappa shape index (κ3) is 2.59. The molecule has 1 N–H and O–H groups in total. The molecule has 106 valence electrons. The summed E-state index contributed by atoms with van der Waals surface area (Å²) in [5.41, 5.74) is 2.16. The number of anilines is 1. The number of nitrogens with one attached hydrogen (secondary N) is 1. The zero-order valence-electron chi connectivity index (χ0n) is 11.8. The van der Waals surface area contributed by atoms with E-state index in [1.807, 2.05) is 19.2 Å². The number of hydrogen-bond donors (Lipinski definition) is 1. The topological polar surface area (TPSA) is 66.9 Å². The minimum atomic E-state index is 0.556. The van der Waals surface area contributed by atoms with E-state index in [4.69, 9.17) is 4.74 Å². The van der Waals surface area contributed by atoms with E-state index in [1.165, 1.54) is 5.69 Å². The first-order valence-corrected chi connectivity index (χ1v) is 6.89. The van der Waals surface area contributed by atoms with Crippen molar-refractivity contribution in [3.8, 4) is 5.88 Å². The highest BCUT2D eigenvalue weighted by molar-refractivity contribution is 5.35. The molecule has 3 rings (SSSR count). The van der Waals surface area contributed by atoms with E-state index < -0.39 is 0 Å². The summed E-state index contributed by atoms with van der Waals surface area (Å²) in [6, 6.07) is 1.85. The maximum atomic E-state index is 5.22. The van der Waals surface area contributed by atoms with Crippen molar-refractivity contribution < 1.29 is 4.74 Å². The van der Waals surface area contributed by atoms with Crippen molar-refractivity contribution >= 4 is 5.95 Å². The number of piperidine rings is 1. The lowest BCUT2D eigenvalue weighted by atomic mass is 9.94. The zero-order chi connectivity index (χ0) is 13.9. The number of nitrogens with zero attached hydrogens (tertiary/aromatic N) is 4. The van der Waals surface area contributed by atoms with Crippen LogP contribution in [0, 0.1) is 6.92 Å². The third-order valence-electron chi connectivity index (χ3n) is 3.77. The van der Waals surface area contributed by atoms with Crippen LogP contribution < -0.4 is 9.64 Å². The molecule has 0 amide bonds. The largest absolute Gasteiger partial charge is 0.481 e. The minimum absolute atomic E-state index is 0.556. The van der Waals surface area contributed by atoms with Gasteiger partial charge in [-0.2, -0.15) is 4.98 Å². The van der Waals surface area contributed by atoms with Gasteiger partial charge in [-0.05, 0) is 19.8 Å². The lowest BCUT2D eigenvalue weighted by Crippen LogP contribution is -2.34. The maximum absolute atomic E-state index is 5.22. The van der Waals surface area contributed by atoms with Crippen molar-refractivity contribution in [3.05, 3.63) is 30.0 Å². The van der Waals surface area contributed by atoms with Gasteiger partial charge in [0.15, 0.2) is 0 Å². The Hall–Kier alpha value is -2.11. The summed E-state index contributed by atoms with van der Waals surface area (Å²) in [6.45, 7) is 3.87. The highest BCUT2D eigenvalue weighted by Crippen LogP contribution is 2.28. The second kappa shape index (κ2) is 5.48. The summed E-state index contributed by atoms with van der Waals surface area (Å²) in [7, 11) is 1.63. The van der Waals surface area contributed by atoms with Gasteiger partial charge in [-0.3, -0.25) is 0 Å². The SMILES string of the molecule is COc1cc(C)nc(N2CCC(c3cnc[nH]3)CC2)n1. The molecular weight excluding hydrogens is 254 g/mol. The zero-order valence-corrected chi connectivity index (χ0v) is 11.8. The lowest BCUT2D eigenvalue weighted by molar-refractivity contribution is 0.395. The van der Waals surface area contributed by atoms with Crippen molar-refractivity contribution in [1.82, 2.24) is 19.9 Å². The molecule has 0 unspecified atom stereocenters. The normalized spacial score (nSPS) is 16.4. The van der Waals surface area contributed by atoms with Gasteiger partial charge in [-0.25, -0.2) is 9.97 Å². The van der Waals surface area contributed by atoms with Crippen LogP contribution in [0.3, 0.4) is 0 Å². The fourth-order valence-corrected chi connectivity index (χ4v) is 2.65. The molecular formula is C14H19N5O. The van der Waals surface area contributed by atoms with Gasteiger partial charge in [0.05, 0.1) is 13.4 Å². The molecule has 6 heteroatoms. The van der Waals surface area contributed by atoms with Crippen LogP contribution in [0.2, 0.25) is 0 Å². The Morgan fingerprint density at radius 3 is 2.75 bits per heavy atom. The fraction of sp³-hybridized carbons (Fsp3) is 0.500. The second-order valence-corrected chi connectivity index (χ2v) is 5.12. The number of aromatic amines is 1. The molecule has 0 radical (unpaired) electrons. The average molecular weight is 273 g/mol. The van der Waals surface area contributed by atoms with E-state index >= 15 is 0 Å². The molecule has 1 saturated heterocycles. The summed E-state index contributed by atoms with van der Waals surface area (Å²) in [5.74, 6) is 1.95. The summed E-state index contributed by atoms with van der Waals surface area (Å²) in [6.07, 6.45) is 5.84. The second-order valence-electron chi connectivity index (χ2n) is 5.12. The van der Waals surface area contributed by atoms with Crippen LogP contribution in [0.1, 0.15) is 30.1 Å². The minimum Gasteiger partial charge on any atom is -0.481 e. The molecule has 1 aliphatic heterocycles. The Bertz CT molecular complexity index is 561. The van der Waals surface area contributed by atoms with Crippen LogP contribution in [0.15, 0.2) is 18.6 Å². The number of hydrogen-bond acceptors (Lipinski definition) is 5. The molecule has 0 spiro atoms. The number of rotatable bonds is 3. The lowest BCUT2D eigenvalue weighted by Gasteiger charge is -2.31. The predicted molar refractivity (Wildman–Crippen MR) is 76.1 cm³/mol. The van der Waals surface area contributed by atoms with Gasteiger partial charge in [0.25, 0.3) is 0 Å². The van der Waals surface area contributed by atoms with Gasteiger partial charge in [0.2, 0.25) is 11.8 Å². The standard InChI is InChI=1S/C14H19N5O/c1-10-7-13(20-2)18-14(17-10)19-5-3-11(4-6-19)12-8-15-9-16-12/h7-9,11H,3-6H2,1-2H3,(H,15,16). The Balaban J connectivity index is 1.70. The molecule has 2 aromatic rings. The first-order valence-electron chi connectivity index (χ1n) is 6.89. The van der Waals surface area contributed by atoms with Crippen molar-refractivity contribution in [2.45, 2.75) is 25.7 Å².